The molecule has 1 saturated carbocycles. The number of methoxy groups -OCH3 is 3. The fourth-order valence-corrected chi connectivity index (χ4v) is 3.25. The summed E-state index contributed by atoms with van der Waals surface area (Å²) in [6, 6.07) is 3.45. The van der Waals surface area contributed by atoms with E-state index in [1.54, 1.807) is 19.2 Å². The Kier molecular flexibility index (Phi) is 5.33. The van der Waals surface area contributed by atoms with Gasteiger partial charge in [-0.25, -0.2) is 0 Å². The van der Waals surface area contributed by atoms with Crippen LogP contribution in [0, 0.1) is 0 Å². The fourth-order valence-electron chi connectivity index (χ4n) is 2.53. The van der Waals surface area contributed by atoms with E-state index < -0.39 is 0 Å². The van der Waals surface area contributed by atoms with Crippen molar-refractivity contribution in [3.05, 3.63) is 17.7 Å². The molecule has 1 aliphatic carbocycles. The van der Waals surface area contributed by atoms with Crippen LogP contribution in [-0.2, 0) is 0 Å². The second-order valence-electron chi connectivity index (χ2n) is 4.93. The lowest BCUT2D eigenvalue weighted by Gasteiger charge is -2.18. The second kappa shape index (κ2) is 7.02. The summed E-state index contributed by atoms with van der Waals surface area (Å²) < 4.78 is 15.8. The first-order valence-corrected chi connectivity index (χ1v) is 7.77. The van der Waals surface area contributed by atoms with Gasteiger partial charge in [-0.2, -0.15) is 0 Å². The van der Waals surface area contributed by atoms with Crippen LogP contribution in [0.4, 0.5) is 0 Å². The van der Waals surface area contributed by atoms with Gasteiger partial charge in [0.1, 0.15) is 5.75 Å². The van der Waals surface area contributed by atoms with Crippen LogP contribution in [0.5, 0.6) is 17.2 Å². The number of nitrogens with one attached hydrogen (secondary N) is 1. The third kappa shape index (κ3) is 3.43. The zero-order chi connectivity index (χ0) is 15.4. The van der Waals surface area contributed by atoms with Gasteiger partial charge in [-0.05, 0) is 12.8 Å². The summed E-state index contributed by atoms with van der Waals surface area (Å²) in [5.41, 5.74) is 0.446. The van der Waals surface area contributed by atoms with E-state index in [0.717, 1.165) is 19.3 Å². The maximum Gasteiger partial charge on any atom is 0.255 e. The molecule has 5 nitrogen and oxygen atoms in total. The summed E-state index contributed by atoms with van der Waals surface area (Å²) in [6.07, 6.45) is 3.18. The molecule has 0 aromatic heterocycles. The third-order valence-corrected chi connectivity index (χ3v) is 4.79. The summed E-state index contributed by atoms with van der Waals surface area (Å²) in [5, 5.41) is 3.05. The van der Waals surface area contributed by atoms with Crippen LogP contribution in [0.1, 0.15) is 29.6 Å². The van der Waals surface area contributed by atoms with Gasteiger partial charge in [0, 0.05) is 23.0 Å². The minimum atomic E-state index is -0.163. The van der Waals surface area contributed by atoms with Gasteiger partial charge in [0.05, 0.1) is 26.9 Å². The molecular weight excluding hydrogens is 338 g/mol. The van der Waals surface area contributed by atoms with Crippen LogP contribution in [0.3, 0.4) is 0 Å². The Morgan fingerprint density at radius 1 is 1.10 bits per heavy atom. The third-order valence-electron chi connectivity index (χ3n) is 3.70. The summed E-state index contributed by atoms with van der Waals surface area (Å²) >= 11 is 3.60. The van der Waals surface area contributed by atoms with Crippen molar-refractivity contribution in [2.45, 2.75) is 30.1 Å². The molecule has 1 aliphatic rings. The molecule has 0 saturated heterocycles. The highest BCUT2D eigenvalue weighted by atomic mass is 79.9. The number of carbonyl (C=O) groups excluding carboxylic acids is 1. The molecule has 0 spiro atoms. The van der Waals surface area contributed by atoms with Crippen LogP contribution in [0.2, 0.25) is 0 Å². The second-order valence-corrected chi connectivity index (χ2v) is 6.11. The van der Waals surface area contributed by atoms with E-state index in [1.165, 1.54) is 14.2 Å². The Morgan fingerprint density at radius 2 is 1.71 bits per heavy atom. The van der Waals surface area contributed by atoms with Gasteiger partial charge in [-0.3, -0.25) is 4.79 Å². The van der Waals surface area contributed by atoms with Crippen molar-refractivity contribution in [3.63, 3.8) is 0 Å². The lowest BCUT2D eigenvalue weighted by atomic mass is 10.1. The molecular formula is C15H20BrNO4. The molecule has 0 heterocycles. The first-order valence-electron chi connectivity index (χ1n) is 6.85. The van der Waals surface area contributed by atoms with Crippen LogP contribution in [-0.4, -0.2) is 38.1 Å². The van der Waals surface area contributed by atoms with Crippen molar-refractivity contribution < 1.29 is 19.0 Å². The number of hydrogen-bond donors (Lipinski definition) is 1. The zero-order valence-corrected chi connectivity index (χ0v) is 14.0. The summed E-state index contributed by atoms with van der Waals surface area (Å²) in [5.74, 6) is 1.34. The summed E-state index contributed by atoms with van der Waals surface area (Å²) in [7, 11) is 4.61. The Balaban J connectivity index is 2.26. The number of ether oxygens (including phenoxy) is 3. The standard InChI is InChI=1S/C15H20BrNO4/c1-19-12-8-14(21-3)13(20-2)7-9(12)15(18)17-11-6-4-5-10(11)16/h7-8,10-11H,4-6H2,1-3H3,(H,17,18). The molecule has 0 bridgehead atoms. The SMILES string of the molecule is COc1cc(OC)c(C(=O)NC2CCCC2Br)cc1OC. The monoisotopic (exact) mass is 357 g/mol. The topological polar surface area (TPSA) is 56.8 Å². The molecule has 2 rings (SSSR count). The molecule has 116 valence electrons. The van der Waals surface area contributed by atoms with Gasteiger partial charge in [0.25, 0.3) is 5.91 Å². The average molecular weight is 358 g/mol. The summed E-state index contributed by atoms with van der Waals surface area (Å²) in [4.78, 5) is 12.8. The minimum absolute atomic E-state index is 0.148. The lowest BCUT2D eigenvalue weighted by molar-refractivity contribution is 0.0935. The molecule has 6 heteroatoms. The van der Waals surface area contributed by atoms with Crippen molar-refractivity contribution in [2.75, 3.05) is 21.3 Å². The van der Waals surface area contributed by atoms with Gasteiger partial charge in [-0.15, -0.1) is 0 Å². The molecule has 1 fully saturated rings. The number of amides is 1. The smallest absolute Gasteiger partial charge is 0.255 e. The van der Waals surface area contributed by atoms with E-state index >= 15 is 0 Å². The van der Waals surface area contributed by atoms with Crippen molar-refractivity contribution >= 4 is 21.8 Å². The van der Waals surface area contributed by atoms with Crippen molar-refractivity contribution in [2.24, 2.45) is 0 Å². The highest BCUT2D eigenvalue weighted by Crippen LogP contribution is 2.35. The maximum atomic E-state index is 12.5. The van der Waals surface area contributed by atoms with E-state index in [4.69, 9.17) is 14.2 Å². The Hall–Kier alpha value is -1.43. The molecule has 1 N–H and O–H groups in total. The van der Waals surface area contributed by atoms with Crippen LogP contribution in [0.15, 0.2) is 12.1 Å². The van der Waals surface area contributed by atoms with Gasteiger partial charge < -0.3 is 19.5 Å². The Bertz CT molecular complexity index is 521. The molecule has 0 aliphatic heterocycles. The number of halogens is 1. The highest BCUT2D eigenvalue weighted by molar-refractivity contribution is 9.09. The molecule has 21 heavy (non-hydrogen) atoms. The molecule has 1 aromatic carbocycles. The predicted octanol–water partition coefficient (Wildman–Crippen LogP) is 2.76. The van der Waals surface area contributed by atoms with Crippen LogP contribution >= 0.6 is 15.9 Å². The molecule has 1 aromatic rings. The van der Waals surface area contributed by atoms with E-state index in [-0.39, 0.29) is 11.9 Å². The molecule has 2 unspecified atom stereocenters. The van der Waals surface area contributed by atoms with E-state index in [2.05, 4.69) is 21.2 Å². The fraction of sp³-hybridized carbons (Fsp3) is 0.533. The predicted molar refractivity (Wildman–Crippen MR) is 83.9 cm³/mol. The minimum Gasteiger partial charge on any atom is -0.496 e. The molecule has 2 atom stereocenters. The number of benzene rings is 1. The van der Waals surface area contributed by atoms with Crippen molar-refractivity contribution in [1.29, 1.82) is 0 Å². The Morgan fingerprint density at radius 3 is 2.24 bits per heavy atom. The normalized spacial score (nSPS) is 21.0. The number of hydrogen-bond acceptors (Lipinski definition) is 4. The van der Waals surface area contributed by atoms with E-state index in [0.29, 0.717) is 27.6 Å². The van der Waals surface area contributed by atoms with Crippen molar-refractivity contribution in [1.82, 2.24) is 5.32 Å². The molecule has 1 amide bonds. The van der Waals surface area contributed by atoms with Gasteiger partial charge in [0.2, 0.25) is 0 Å². The van der Waals surface area contributed by atoms with Crippen LogP contribution in [0.25, 0.3) is 0 Å². The first-order chi connectivity index (χ1) is 10.1. The van der Waals surface area contributed by atoms with E-state index in [9.17, 15) is 4.79 Å². The Labute approximate surface area is 133 Å². The quantitative estimate of drug-likeness (QED) is 0.823. The van der Waals surface area contributed by atoms with Crippen LogP contribution < -0.4 is 19.5 Å². The average Bonchev–Trinajstić information content (AvgIpc) is 2.90. The lowest BCUT2D eigenvalue weighted by Crippen LogP contribution is -2.37. The summed E-state index contributed by atoms with van der Waals surface area (Å²) in [6.45, 7) is 0. The number of rotatable bonds is 5. The van der Waals surface area contributed by atoms with E-state index in [1.807, 2.05) is 0 Å². The number of alkyl halides is 1. The van der Waals surface area contributed by atoms with Gasteiger partial charge in [-0.1, -0.05) is 22.4 Å². The largest absolute Gasteiger partial charge is 0.496 e. The van der Waals surface area contributed by atoms with Gasteiger partial charge in [0.15, 0.2) is 11.5 Å². The molecule has 0 radical (unpaired) electrons. The van der Waals surface area contributed by atoms with Crippen molar-refractivity contribution in [3.8, 4) is 17.2 Å². The maximum absolute atomic E-state index is 12.5. The highest BCUT2D eigenvalue weighted by Gasteiger charge is 2.28. The van der Waals surface area contributed by atoms with Gasteiger partial charge >= 0.3 is 0 Å². The first kappa shape index (κ1) is 15.9. The zero-order valence-electron chi connectivity index (χ0n) is 12.4. The number of carbonyl (C=O) groups is 1.